The van der Waals surface area contributed by atoms with Gasteiger partial charge in [0.2, 0.25) is 5.89 Å². The summed E-state index contributed by atoms with van der Waals surface area (Å²) >= 11 is 11.4. The molecule has 0 bridgehead atoms. The van der Waals surface area contributed by atoms with Gasteiger partial charge in [-0.3, -0.25) is 4.79 Å². The zero-order chi connectivity index (χ0) is 13.1. The predicted octanol–water partition coefficient (Wildman–Crippen LogP) is 1.40. The minimum Gasteiger partial charge on any atom is -0.343 e. The molecule has 2 aromatic heterocycles. The third-order valence-corrected chi connectivity index (χ3v) is 2.40. The van der Waals surface area contributed by atoms with Gasteiger partial charge in [0, 0.05) is 0 Å². The first-order chi connectivity index (χ1) is 8.56. The Kier molecular flexibility index (Phi) is 3.73. The first kappa shape index (κ1) is 12.7. The lowest BCUT2D eigenvalue weighted by Crippen LogP contribution is -2.23. The Balaban J connectivity index is 2.05. The summed E-state index contributed by atoms with van der Waals surface area (Å²) in [5.74, 6) is 0.337. The number of hydrogen-bond donors (Lipinski definition) is 1. The Morgan fingerprint density at radius 3 is 2.89 bits per heavy atom. The van der Waals surface area contributed by atoms with Gasteiger partial charge in [-0.25, -0.2) is 0 Å². The minimum atomic E-state index is -0.451. The summed E-state index contributed by atoms with van der Waals surface area (Å²) < 4.78 is 4.84. The van der Waals surface area contributed by atoms with E-state index in [9.17, 15) is 4.79 Å². The van der Waals surface area contributed by atoms with Gasteiger partial charge in [-0.15, -0.1) is 10.2 Å². The number of nitrogens with one attached hydrogen (secondary N) is 1. The predicted molar refractivity (Wildman–Crippen MR) is 62.3 cm³/mol. The number of amides is 1. The molecule has 1 N–H and O–H groups in total. The van der Waals surface area contributed by atoms with Crippen LogP contribution in [0.15, 0.2) is 10.6 Å². The van der Waals surface area contributed by atoms with Crippen LogP contribution < -0.4 is 5.32 Å². The van der Waals surface area contributed by atoms with Crippen LogP contribution in [0.3, 0.4) is 0 Å². The molecule has 2 heterocycles. The molecule has 2 aromatic rings. The Morgan fingerprint density at radius 2 is 2.22 bits per heavy atom. The Morgan fingerprint density at radius 1 is 1.44 bits per heavy atom. The topological polar surface area (TPSA) is 93.8 Å². The molecule has 0 aliphatic carbocycles. The molecule has 94 valence electrons. The van der Waals surface area contributed by atoms with E-state index in [0.29, 0.717) is 11.7 Å². The fourth-order valence-corrected chi connectivity index (χ4v) is 1.50. The van der Waals surface area contributed by atoms with E-state index in [1.165, 1.54) is 6.07 Å². The van der Waals surface area contributed by atoms with Crippen molar-refractivity contribution in [2.75, 3.05) is 0 Å². The van der Waals surface area contributed by atoms with Crippen LogP contribution in [0.5, 0.6) is 0 Å². The maximum Gasteiger partial charge on any atom is 0.255 e. The van der Waals surface area contributed by atoms with Crippen LogP contribution in [0.1, 0.15) is 22.1 Å². The van der Waals surface area contributed by atoms with Crippen molar-refractivity contribution in [3.05, 3.63) is 33.7 Å². The van der Waals surface area contributed by atoms with Gasteiger partial charge >= 0.3 is 0 Å². The fourth-order valence-electron chi connectivity index (χ4n) is 1.18. The molecule has 0 spiro atoms. The molecule has 18 heavy (non-hydrogen) atoms. The van der Waals surface area contributed by atoms with Crippen molar-refractivity contribution in [3.8, 4) is 0 Å². The molecule has 0 fully saturated rings. The number of rotatable bonds is 3. The summed E-state index contributed by atoms with van der Waals surface area (Å²) in [5.41, 5.74) is 0.132. The maximum atomic E-state index is 11.8. The monoisotopic (exact) mass is 287 g/mol. The average molecular weight is 288 g/mol. The zero-order valence-corrected chi connectivity index (χ0v) is 10.7. The third kappa shape index (κ3) is 2.93. The van der Waals surface area contributed by atoms with E-state index in [4.69, 9.17) is 27.7 Å². The van der Waals surface area contributed by atoms with Crippen molar-refractivity contribution >= 4 is 29.1 Å². The molecule has 1 amide bonds. The number of aromatic nitrogens is 4. The van der Waals surface area contributed by atoms with E-state index < -0.39 is 5.91 Å². The summed E-state index contributed by atoms with van der Waals surface area (Å²) in [6, 6.07) is 1.32. The summed E-state index contributed by atoms with van der Waals surface area (Å²) in [7, 11) is 0. The molecule has 0 saturated carbocycles. The molecule has 0 aromatic carbocycles. The molecule has 0 aliphatic rings. The van der Waals surface area contributed by atoms with Crippen molar-refractivity contribution in [2.24, 2.45) is 0 Å². The largest absolute Gasteiger partial charge is 0.343 e. The van der Waals surface area contributed by atoms with Gasteiger partial charge in [-0.2, -0.15) is 4.98 Å². The quantitative estimate of drug-likeness (QED) is 0.917. The van der Waals surface area contributed by atoms with Crippen molar-refractivity contribution in [1.82, 2.24) is 25.7 Å². The van der Waals surface area contributed by atoms with E-state index in [-0.39, 0.29) is 22.4 Å². The number of hydrogen-bond acceptors (Lipinski definition) is 6. The first-order valence-corrected chi connectivity index (χ1v) is 5.58. The Bertz CT molecular complexity index is 586. The van der Waals surface area contributed by atoms with Crippen LogP contribution in [0.25, 0.3) is 0 Å². The van der Waals surface area contributed by atoms with E-state index in [1.54, 1.807) is 6.92 Å². The van der Waals surface area contributed by atoms with Crippen LogP contribution in [0, 0.1) is 6.92 Å². The highest BCUT2D eigenvalue weighted by atomic mass is 35.5. The minimum absolute atomic E-state index is 0.0291. The van der Waals surface area contributed by atoms with Gasteiger partial charge in [0.25, 0.3) is 5.91 Å². The highest BCUT2D eigenvalue weighted by Gasteiger charge is 2.14. The molecular formula is C9H7Cl2N5O2. The van der Waals surface area contributed by atoms with Crippen LogP contribution >= 0.6 is 23.2 Å². The van der Waals surface area contributed by atoms with Crippen LogP contribution in [0.2, 0.25) is 10.3 Å². The van der Waals surface area contributed by atoms with Crippen molar-refractivity contribution in [3.63, 3.8) is 0 Å². The molecule has 0 unspecified atom stereocenters. The molecular weight excluding hydrogens is 281 g/mol. The SMILES string of the molecule is Cc1noc(CNC(=O)c2cc(Cl)nnc2Cl)n1. The average Bonchev–Trinajstić information content (AvgIpc) is 2.75. The van der Waals surface area contributed by atoms with Gasteiger partial charge in [0.15, 0.2) is 16.1 Å². The molecule has 0 radical (unpaired) electrons. The number of carbonyl (C=O) groups is 1. The highest BCUT2D eigenvalue weighted by molar-refractivity contribution is 6.34. The number of nitrogens with zero attached hydrogens (tertiary/aromatic N) is 4. The van der Waals surface area contributed by atoms with Crippen LogP contribution in [-0.2, 0) is 6.54 Å². The van der Waals surface area contributed by atoms with E-state index in [0.717, 1.165) is 0 Å². The van der Waals surface area contributed by atoms with Gasteiger partial charge < -0.3 is 9.84 Å². The Hall–Kier alpha value is -1.73. The van der Waals surface area contributed by atoms with Crippen molar-refractivity contribution in [1.29, 1.82) is 0 Å². The normalized spacial score (nSPS) is 10.4. The summed E-state index contributed by atoms with van der Waals surface area (Å²) in [5, 5.41) is 13.2. The second kappa shape index (κ2) is 5.28. The molecule has 0 atom stereocenters. The Labute approximate surface area is 111 Å². The smallest absolute Gasteiger partial charge is 0.255 e. The lowest BCUT2D eigenvalue weighted by atomic mass is 10.3. The van der Waals surface area contributed by atoms with Crippen LogP contribution in [-0.4, -0.2) is 26.2 Å². The second-order valence-corrected chi connectivity index (χ2v) is 4.03. The van der Waals surface area contributed by atoms with E-state index in [2.05, 4.69) is 25.7 Å². The third-order valence-electron chi connectivity index (χ3n) is 1.93. The maximum absolute atomic E-state index is 11.8. The molecule has 7 nitrogen and oxygen atoms in total. The summed E-state index contributed by atoms with van der Waals surface area (Å²) in [4.78, 5) is 15.7. The lowest BCUT2D eigenvalue weighted by molar-refractivity contribution is 0.0946. The second-order valence-electron chi connectivity index (χ2n) is 3.29. The molecule has 9 heteroatoms. The van der Waals surface area contributed by atoms with E-state index >= 15 is 0 Å². The van der Waals surface area contributed by atoms with Crippen LogP contribution in [0.4, 0.5) is 0 Å². The fraction of sp³-hybridized carbons (Fsp3) is 0.222. The van der Waals surface area contributed by atoms with E-state index in [1.807, 2.05) is 0 Å². The summed E-state index contributed by atoms with van der Waals surface area (Å²) in [6.07, 6.45) is 0. The van der Waals surface area contributed by atoms with Gasteiger partial charge in [-0.1, -0.05) is 28.4 Å². The van der Waals surface area contributed by atoms with Crippen molar-refractivity contribution in [2.45, 2.75) is 13.5 Å². The zero-order valence-electron chi connectivity index (χ0n) is 9.15. The lowest BCUT2D eigenvalue weighted by Gasteiger charge is -2.03. The molecule has 2 rings (SSSR count). The van der Waals surface area contributed by atoms with Crippen molar-refractivity contribution < 1.29 is 9.32 Å². The summed E-state index contributed by atoms with van der Waals surface area (Å²) in [6.45, 7) is 1.77. The molecule has 0 aliphatic heterocycles. The molecule has 0 saturated heterocycles. The number of halogens is 2. The highest BCUT2D eigenvalue weighted by Crippen LogP contribution is 2.15. The number of aryl methyl sites for hydroxylation is 1. The number of carbonyl (C=O) groups excluding carboxylic acids is 1. The standard InChI is InChI=1S/C9H7Cl2N5O2/c1-4-13-7(18-16-4)3-12-9(17)5-2-6(10)14-15-8(5)11/h2H,3H2,1H3,(H,12,17). The first-order valence-electron chi connectivity index (χ1n) is 4.82. The van der Waals surface area contributed by atoms with Gasteiger partial charge in [-0.05, 0) is 13.0 Å². The van der Waals surface area contributed by atoms with Gasteiger partial charge in [0.05, 0.1) is 12.1 Å². The van der Waals surface area contributed by atoms with Gasteiger partial charge in [0.1, 0.15) is 0 Å².